The molecule has 2 aromatic heterocycles. The van der Waals surface area contributed by atoms with Gasteiger partial charge in [0, 0.05) is 11.4 Å². The zero-order valence-corrected chi connectivity index (χ0v) is 15.5. The number of hydrogen-bond acceptors (Lipinski definition) is 4. The predicted molar refractivity (Wildman–Crippen MR) is 97.4 cm³/mol. The normalized spacial score (nSPS) is 11.6. The number of anilines is 1. The quantitative estimate of drug-likeness (QED) is 0.724. The van der Waals surface area contributed by atoms with Crippen LogP contribution in [0.4, 0.5) is 5.69 Å². The molecule has 8 heteroatoms. The Morgan fingerprint density at radius 2 is 1.88 bits per heavy atom. The van der Waals surface area contributed by atoms with Crippen molar-refractivity contribution in [2.45, 2.75) is 24.6 Å². The van der Waals surface area contributed by atoms with E-state index in [9.17, 15) is 8.42 Å². The van der Waals surface area contributed by atoms with Gasteiger partial charge in [-0.25, -0.2) is 8.42 Å². The van der Waals surface area contributed by atoms with Crippen molar-refractivity contribution in [1.82, 2.24) is 9.78 Å². The lowest BCUT2D eigenvalue weighted by Crippen LogP contribution is -2.11. The second-order valence-electron chi connectivity index (χ2n) is 5.45. The topological polar surface area (TPSA) is 64.0 Å². The van der Waals surface area contributed by atoms with E-state index in [0.717, 1.165) is 28.3 Å². The van der Waals surface area contributed by atoms with Gasteiger partial charge in [0.05, 0.1) is 16.6 Å². The van der Waals surface area contributed by atoms with E-state index >= 15 is 0 Å². The number of rotatable bonds is 5. The molecule has 0 aliphatic rings. The van der Waals surface area contributed by atoms with Crippen molar-refractivity contribution in [1.29, 1.82) is 0 Å². The van der Waals surface area contributed by atoms with Crippen molar-refractivity contribution in [3.63, 3.8) is 0 Å². The predicted octanol–water partition coefficient (Wildman–Crippen LogP) is 4.06. The zero-order valence-electron chi connectivity index (χ0n) is 13.2. The summed E-state index contributed by atoms with van der Waals surface area (Å²) in [6, 6.07) is 12.3. The van der Waals surface area contributed by atoms with Gasteiger partial charge in [-0.3, -0.25) is 9.40 Å². The number of hydrogen-bond donors (Lipinski definition) is 1. The number of thiophene rings is 1. The van der Waals surface area contributed by atoms with Crippen molar-refractivity contribution >= 4 is 38.6 Å². The summed E-state index contributed by atoms with van der Waals surface area (Å²) in [6.45, 7) is 4.61. The lowest BCUT2D eigenvalue weighted by molar-refractivity contribution is 0.603. The van der Waals surface area contributed by atoms with Gasteiger partial charge in [0.2, 0.25) is 0 Å². The van der Waals surface area contributed by atoms with Gasteiger partial charge in [-0.2, -0.15) is 5.10 Å². The van der Waals surface area contributed by atoms with Crippen molar-refractivity contribution in [2.24, 2.45) is 0 Å². The molecular formula is C16H16ClN3O2S2. The van der Waals surface area contributed by atoms with Gasteiger partial charge in [-0.1, -0.05) is 23.7 Å². The van der Waals surface area contributed by atoms with Crippen LogP contribution in [0.3, 0.4) is 0 Å². The third kappa shape index (κ3) is 3.80. The van der Waals surface area contributed by atoms with Gasteiger partial charge in [0.1, 0.15) is 4.21 Å². The first-order valence-corrected chi connectivity index (χ1v) is 9.89. The molecule has 0 spiro atoms. The Labute approximate surface area is 150 Å². The largest absolute Gasteiger partial charge is 0.279 e. The van der Waals surface area contributed by atoms with E-state index in [0.29, 0.717) is 16.6 Å². The van der Waals surface area contributed by atoms with E-state index in [1.807, 2.05) is 36.7 Å². The lowest BCUT2D eigenvalue weighted by Gasteiger charge is -2.08. The van der Waals surface area contributed by atoms with Gasteiger partial charge >= 0.3 is 0 Å². The average molecular weight is 382 g/mol. The van der Waals surface area contributed by atoms with Crippen LogP contribution in [0.25, 0.3) is 0 Å². The van der Waals surface area contributed by atoms with Crippen molar-refractivity contribution in [3.05, 3.63) is 63.8 Å². The van der Waals surface area contributed by atoms with E-state index in [4.69, 9.17) is 11.6 Å². The fraction of sp³-hybridized carbons (Fsp3) is 0.188. The monoisotopic (exact) mass is 381 g/mol. The first kappa shape index (κ1) is 17.0. The molecule has 1 aromatic carbocycles. The molecule has 0 fully saturated rings. The molecule has 1 N–H and O–H groups in total. The Bertz CT molecular complexity index is 960. The van der Waals surface area contributed by atoms with Crippen molar-refractivity contribution < 1.29 is 8.42 Å². The van der Waals surface area contributed by atoms with Crippen molar-refractivity contribution in [3.8, 4) is 0 Å². The van der Waals surface area contributed by atoms with Crippen LogP contribution in [0, 0.1) is 13.8 Å². The maximum atomic E-state index is 12.3. The Hall–Kier alpha value is -1.83. The number of nitrogens with one attached hydrogen (secondary N) is 1. The van der Waals surface area contributed by atoms with Gasteiger partial charge in [-0.05, 0) is 49.7 Å². The summed E-state index contributed by atoms with van der Waals surface area (Å²) in [4.78, 5) is 0. The number of benzene rings is 1. The molecular weight excluding hydrogens is 366 g/mol. The number of nitrogens with zero attached hydrogens (tertiary/aromatic N) is 2. The third-order valence-corrected chi connectivity index (χ3v) is 6.56. The van der Waals surface area contributed by atoms with E-state index in [-0.39, 0.29) is 4.21 Å². The standard InChI is InChI=1S/C16H16ClN3O2S2/c1-11-9-12(2)20(18-11)10-13-3-5-14(6-4-13)19-24(21,22)16-8-7-15(17)23-16/h3-9,19H,10H2,1-2H3. The molecule has 0 saturated carbocycles. The van der Waals surface area contributed by atoms with Crippen LogP contribution in [0.15, 0.2) is 46.7 Å². The number of aromatic nitrogens is 2. The maximum Gasteiger partial charge on any atom is 0.271 e. The zero-order chi connectivity index (χ0) is 17.3. The molecule has 0 aliphatic heterocycles. The highest BCUT2D eigenvalue weighted by atomic mass is 35.5. The summed E-state index contributed by atoms with van der Waals surface area (Å²) in [5.41, 5.74) is 3.62. The minimum absolute atomic E-state index is 0.194. The van der Waals surface area contributed by atoms with Crippen LogP contribution in [-0.2, 0) is 16.6 Å². The molecule has 0 saturated heterocycles. The highest BCUT2D eigenvalue weighted by Gasteiger charge is 2.16. The SMILES string of the molecule is Cc1cc(C)n(Cc2ccc(NS(=O)(=O)c3ccc(Cl)s3)cc2)n1. The van der Waals surface area contributed by atoms with Crippen LogP contribution in [-0.4, -0.2) is 18.2 Å². The molecule has 2 heterocycles. The van der Waals surface area contributed by atoms with E-state index in [1.165, 1.54) is 6.07 Å². The molecule has 0 radical (unpaired) electrons. The second kappa shape index (κ2) is 6.58. The molecule has 0 aliphatic carbocycles. The third-order valence-electron chi connectivity index (χ3n) is 3.46. The van der Waals surface area contributed by atoms with E-state index < -0.39 is 10.0 Å². The summed E-state index contributed by atoms with van der Waals surface area (Å²) in [7, 11) is -3.60. The molecule has 5 nitrogen and oxygen atoms in total. The number of halogens is 1. The average Bonchev–Trinajstić information content (AvgIpc) is 3.07. The molecule has 24 heavy (non-hydrogen) atoms. The van der Waals surface area contributed by atoms with Crippen molar-refractivity contribution in [2.75, 3.05) is 4.72 Å². The Morgan fingerprint density at radius 3 is 2.42 bits per heavy atom. The summed E-state index contributed by atoms with van der Waals surface area (Å²) >= 11 is 6.83. The fourth-order valence-electron chi connectivity index (χ4n) is 2.33. The summed E-state index contributed by atoms with van der Waals surface area (Å²) < 4.78 is 29.6. The summed E-state index contributed by atoms with van der Waals surface area (Å²) in [6.07, 6.45) is 0. The highest BCUT2D eigenvalue weighted by Crippen LogP contribution is 2.27. The lowest BCUT2D eigenvalue weighted by atomic mass is 10.2. The Kier molecular flexibility index (Phi) is 4.67. The Morgan fingerprint density at radius 1 is 1.17 bits per heavy atom. The van der Waals surface area contributed by atoms with Gasteiger partial charge < -0.3 is 0 Å². The van der Waals surface area contributed by atoms with E-state index in [2.05, 4.69) is 9.82 Å². The molecule has 0 atom stereocenters. The molecule has 126 valence electrons. The summed E-state index contributed by atoms with van der Waals surface area (Å²) in [5, 5.41) is 4.42. The molecule has 0 bridgehead atoms. The molecule has 3 aromatic rings. The highest BCUT2D eigenvalue weighted by molar-refractivity contribution is 7.94. The maximum absolute atomic E-state index is 12.3. The number of sulfonamides is 1. The smallest absolute Gasteiger partial charge is 0.271 e. The van der Waals surface area contributed by atoms with E-state index in [1.54, 1.807) is 18.2 Å². The first-order chi connectivity index (χ1) is 11.3. The van der Waals surface area contributed by atoms with Crippen LogP contribution < -0.4 is 4.72 Å². The van der Waals surface area contributed by atoms with Crippen LogP contribution in [0.5, 0.6) is 0 Å². The molecule has 0 unspecified atom stereocenters. The minimum Gasteiger partial charge on any atom is -0.279 e. The fourth-order valence-corrected chi connectivity index (χ4v) is 4.88. The van der Waals surface area contributed by atoms with Crippen LogP contribution in [0.2, 0.25) is 4.34 Å². The molecule has 3 rings (SSSR count). The van der Waals surface area contributed by atoms with Gasteiger partial charge in [-0.15, -0.1) is 11.3 Å². The van der Waals surface area contributed by atoms with Crippen LogP contribution in [0.1, 0.15) is 17.0 Å². The second-order valence-corrected chi connectivity index (χ2v) is 9.07. The minimum atomic E-state index is -3.60. The number of aryl methyl sites for hydroxylation is 2. The van der Waals surface area contributed by atoms with Gasteiger partial charge in [0.15, 0.2) is 0 Å². The molecule has 0 amide bonds. The Balaban J connectivity index is 1.74. The van der Waals surface area contributed by atoms with Gasteiger partial charge in [0.25, 0.3) is 10.0 Å². The van der Waals surface area contributed by atoms with Crippen LogP contribution >= 0.6 is 22.9 Å². The summed E-state index contributed by atoms with van der Waals surface area (Å²) in [5.74, 6) is 0. The first-order valence-electron chi connectivity index (χ1n) is 7.22.